The molecule has 1 fully saturated rings. The van der Waals surface area contributed by atoms with Crippen LogP contribution in [-0.4, -0.2) is 16.9 Å². The molecule has 23 heavy (non-hydrogen) atoms. The number of nitro benzene ring substituents is 1. The topological polar surface area (TPSA) is 102 Å². The maximum absolute atomic E-state index is 12.3. The normalized spacial score (nSPS) is 15.5. The number of carbonyl (C=O) groups is 1. The SMILES string of the molecule is O=C(NC1CCCCC1)c1cc2cccc([N+](=O)[O-])c2oc1=O. The van der Waals surface area contributed by atoms with Gasteiger partial charge in [0, 0.05) is 17.5 Å². The molecule has 0 atom stereocenters. The van der Waals surface area contributed by atoms with Crippen molar-refractivity contribution in [2.24, 2.45) is 0 Å². The highest BCUT2D eigenvalue weighted by Crippen LogP contribution is 2.24. The summed E-state index contributed by atoms with van der Waals surface area (Å²) in [5.74, 6) is -0.487. The summed E-state index contributed by atoms with van der Waals surface area (Å²) in [5, 5.41) is 14.2. The Hall–Kier alpha value is -2.70. The van der Waals surface area contributed by atoms with Gasteiger partial charge in [-0.1, -0.05) is 31.4 Å². The van der Waals surface area contributed by atoms with E-state index in [2.05, 4.69) is 5.32 Å². The summed E-state index contributed by atoms with van der Waals surface area (Å²) in [6.07, 6.45) is 5.08. The summed E-state index contributed by atoms with van der Waals surface area (Å²) in [4.78, 5) is 34.7. The number of hydrogen-bond acceptors (Lipinski definition) is 5. The molecule has 0 saturated heterocycles. The molecule has 1 saturated carbocycles. The fourth-order valence-corrected chi connectivity index (χ4v) is 2.94. The number of fused-ring (bicyclic) bond motifs is 1. The summed E-state index contributed by atoms with van der Waals surface area (Å²) in [6, 6.07) is 5.74. The Morgan fingerprint density at radius 2 is 2.00 bits per heavy atom. The van der Waals surface area contributed by atoms with Gasteiger partial charge in [0.2, 0.25) is 5.58 Å². The third kappa shape index (κ3) is 3.08. The van der Waals surface area contributed by atoms with Crippen molar-refractivity contribution >= 4 is 22.6 Å². The lowest BCUT2D eigenvalue weighted by Crippen LogP contribution is -2.38. The van der Waals surface area contributed by atoms with E-state index >= 15 is 0 Å². The molecule has 0 bridgehead atoms. The van der Waals surface area contributed by atoms with Crippen molar-refractivity contribution in [3.05, 3.63) is 50.4 Å². The molecule has 0 unspecified atom stereocenters. The van der Waals surface area contributed by atoms with E-state index in [1.165, 1.54) is 18.2 Å². The number of nitrogens with zero attached hydrogens (tertiary/aromatic N) is 1. The van der Waals surface area contributed by atoms with Gasteiger partial charge < -0.3 is 9.73 Å². The fourth-order valence-electron chi connectivity index (χ4n) is 2.94. The van der Waals surface area contributed by atoms with Gasteiger partial charge in [0.15, 0.2) is 0 Å². The van der Waals surface area contributed by atoms with Crippen molar-refractivity contribution in [2.75, 3.05) is 0 Å². The summed E-state index contributed by atoms with van der Waals surface area (Å²) < 4.78 is 5.04. The molecule has 120 valence electrons. The summed E-state index contributed by atoms with van der Waals surface area (Å²) in [7, 11) is 0. The number of para-hydroxylation sites is 1. The number of non-ortho nitro benzene ring substituents is 1. The Morgan fingerprint density at radius 1 is 1.26 bits per heavy atom. The molecule has 1 amide bonds. The highest BCUT2D eigenvalue weighted by molar-refractivity contribution is 5.97. The van der Waals surface area contributed by atoms with Gasteiger partial charge in [0.1, 0.15) is 5.56 Å². The number of hydrogen-bond donors (Lipinski definition) is 1. The lowest BCUT2D eigenvalue weighted by molar-refractivity contribution is -0.383. The maximum Gasteiger partial charge on any atom is 0.349 e. The first-order valence-corrected chi connectivity index (χ1v) is 7.58. The standard InChI is InChI=1S/C16H16N2O5/c19-15(17-11-6-2-1-3-7-11)12-9-10-5-4-8-13(18(21)22)14(10)23-16(12)20/h4-5,8-9,11H,1-3,6-7H2,(H,17,19). The van der Waals surface area contributed by atoms with Gasteiger partial charge in [-0.25, -0.2) is 4.79 Å². The Bertz CT molecular complexity index is 821. The molecular formula is C16H16N2O5. The number of nitro groups is 1. The van der Waals surface area contributed by atoms with Crippen LogP contribution in [0.2, 0.25) is 0 Å². The largest absolute Gasteiger partial charge is 0.415 e. The zero-order chi connectivity index (χ0) is 16.4. The average Bonchev–Trinajstić information content (AvgIpc) is 2.54. The van der Waals surface area contributed by atoms with Gasteiger partial charge in [0.05, 0.1) is 4.92 Å². The van der Waals surface area contributed by atoms with Crippen LogP contribution in [0.1, 0.15) is 42.5 Å². The van der Waals surface area contributed by atoms with Crippen LogP contribution in [-0.2, 0) is 0 Å². The second kappa shape index (κ2) is 6.20. The van der Waals surface area contributed by atoms with Crippen molar-refractivity contribution in [2.45, 2.75) is 38.1 Å². The zero-order valence-electron chi connectivity index (χ0n) is 12.4. The second-order valence-corrected chi connectivity index (χ2v) is 5.71. The van der Waals surface area contributed by atoms with E-state index in [1.807, 2.05) is 0 Å². The molecule has 1 aliphatic rings. The van der Waals surface area contributed by atoms with E-state index in [0.717, 1.165) is 32.1 Å². The molecule has 7 heteroatoms. The van der Waals surface area contributed by atoms with Crippen molar-refractivity contribution in [3.63, 3.8) is 0 Å². The number of rotatable bonds is 3. The van der Waals surface area contributed by atoms with Crippen LogP contribution >= 0.6 is 0 Å². The van der Waals surface area contributed by atoms with Crippen LogP contribution in [0, 0.1) is 10.1 Å². The Balaban J connectivity index is 1.95. The zero-order valence-corrected chi connectivity index (χ0v) is 12.4. The average molecular weight is 316 g/mol. The van der Waals surface area contributed by atoms with Crippen molar-refractivity contribution in [1.82, 2.24) is 5.32 Å². The van der Waals surface area contributed by atoms with Gasteiger partial charge in [-0.15, -0.1) is 0 Å². The number of carbonyl (C=O) groups excluding carboxylic acids is 1. The molecule has 1 aliphatic carbocycles. The van der Waals surface area contributed by atoms with Crippen molar-refractivity contribution in [1.29, 1.82) is 0 Å². The van der Waals surface area contributed by atoms with E-state index in [1.54, 1.807) is 6.07 Å². The predicted octanol–water partition coefficient (Wildman–Crippen LogP) is 2.76. The first-order chi connectivity index (χ1) is 11.1. The minimum Gasteiger partial charge on any atom is -0.415 e. The van der Waals surface area contributed by atoms with Crippen LogP contribution in [0.4, 0.5) is 5.69 Å². The van der Waals surface area contributed by atoms with Gasteiger partial charge in [-0.2, -0.15) is 0 Å². The van der Waals surface area contributed by atoms with E-state index in [0.29, 0.717) is 5.39 Å². The second-order valence-electron chi connectivity index (χ2n) is 5.71. The van der Waals surface area contributed by atoms with Gasteiger partial charge in [0.25, 0.3) is 5.91 Å². The summed E-state index contributed by atoms with van der Waals surface area (Å²) in [5.41, 5.74) is -1.39. The fraction of sp³-hybridized carbons (Fsp3) is 0.375. The van der Waals surface area contributed by atoms with Crippen molar-refractivity contribution < 1.29 is 14.1 Å². The number of benzene rings is 1. The molecule has 1 aromatic heterocycles. The lowest BCUT2D eigenvalue weighted by Gasteiger charge is -2.22. The third-order valence-electron chi connectivity index (χ3n) is 4.12. The molecule has 1 aromatic carbocycles. The van der Waals surface area contributed by atoms with E-state index in [4.69, 9.17) is 4.42 Å². The predicted molar refractivity (Wildman–Crippen MR) is 83.5 cm³/mol. The van der Waals surface area contributed by atoms with Crippen LogP contribution < -0.4 is 10.9 Å². The molecular weight excluding hydrogens is 300 g/mol. The smallest absolute Gasteiger partial charge is 0.349 e. The highest BCUT2D eigenvalue weighted by Gasteiger charge is 2.22. The quantitative estimate of drug-likeness (QED) is 0.533. The minimum atomic E-state index is -0.861. The van der Waals surface area contributed by atoms with Crippen LogP contribution in [0.5, 0.6) is 0 Å². The first kappa shape index (κ1) is 15.2. The Morgan fingerprint density at radius 3 is 2.70 bits per heavy atom. The third-order valence-corrected chi connectivity index (χ3v) is 4.12. The number of amides is 1. The molecule has 1 heterocycles. The Labute approximate surface area is 131 Å². The minimum absolute atomic E-state index is 0.0662. The van der Waals surface area contributed by atoms with Crippen LogP contribution in [0.15, 0.2) is 33.5 Å². The maximum atomic E-state index is 12.3. The molecule has 0 aliphatic heterocycles. The van der Waals surface area contributed by atoms with Crippen LogP contribution in [0.25, 0.3) is 11.0 Å². The Kier molecular flexibility index (Phi) is 4.10. The van der Waals surface area contributed by atoms with Gasteiger partial charge >= 0.3 is 11.3 Å². The summed E-state index contributed by atoms with van der Waals surface area (Å²) >= 11 is 0. The van der Waals surface area contributed by atoms with Crippen LogP contribution in [0.3, 0.4) is 0 Å². The van der Waals surface area contributed by atoms with E-state index in [-0.39, 0.29) is 22.9 Å². The monoisotopic (exact) mass is 316 g/mol. The molecule has 0 spiro atoms. The summed E-state index contributed by atoms with van der Waals surface area (Å²) in [6.45, 7) is 0. The van der Waals surface area contributed by atoms with E-state index in [9.17, 15) is 19.7 Å². The molecule has 2 aromatic rings. The van der Waals surface area contributed by atoms with Gasteiger partial charge in [-0.05, 0) is 18.9 Å². The molecule has 0 radical (unpaired) electrons. The lowest BCUT2D eigenvalue weighted by atomic mass is 9.95. The highest BCUT2D eigenvalue weighted by atomic mass is 16.6. The van der Waals surface area contributed by atoms with Gasteiger partial charge in [-0.3, -0.25) is 14.9 Å². The molecule has 1 N–H and O–H groups in total. The molecule has 7 nitrogen and oxygen atoms in total. The van der Waals surface area contributed by atoms with Crippen molar-refractivity contribution in [3.8, 4) is 0 Å². The van der Waals surface area contributed by atoms with E-state index < -0.39 is 16.5 Å². The molecule has 3 rings (SSSR count). The number of nitrogens with one attached hydrogen (secondary N) is 1. The first-order valence-electron chi connectivity index (χ1n) is 7.58.